The van der Waals surface area contributed by atoms with E-state index >= 15 is 0 Å². The zero-order valence-corrected chi connectivity index (χ0v) is 17.2. The lowest BCUT2D eigenvalue weighted by Crippen LogP contribution is -2.31. The summed E-state index contributed by atoms with van der Waals surface area (Å²) >= 11 is 0. The first kappa shape index (κ1) is 20.3. The van der Waals surface area contributed by atoms with Gasteiger partial charge in [0.15, 0.2) is 0 Å². The Kier molecular flexibility index (Phi) is 6.44. The molecule has 0 aliphatic carbocycles. The van der Waals surface area contributed by atoms with Gasteiger partial charge in [-0.3, -0.25) is 4.79 Å². The average Bonchev–Trinajstić information content (AvgIpc) is 2.73. The highest BCUT2D eigenvalue weighted by atomic mass is 16.5. The molecule has 1 aromatic heterocycles. The number of rotatable bonds is 7. The lowest BCUT2D eigenvalue weighted by Gasteiger charge is -2.28. The predicted octanol–water partition coefficient (Wildman–Crippen LogP) is 4.46. The number of aromatic nitrogens is 2. The van der Waals surface area contributed by atoms with E-state index in [1.165, 1.54) is 11.9 Å². The van der Waals surface area contributed by atoms with Crippen molar-refractivity contribution >= 4 is 17.4 Å². The largest absolute Gasteiger partial charge is 0.495 e. The zero-order valence-electron chi connectivity index (χ0n) is 17.2. The number of hydrogen-bond acceptors (Lipinski definition) is 5. The maximum absolute atomic E-state index is 12.8. The van der Waals surface area contributed by atoms with Gasteiger partial charge in [0.2, 0.25) is 0 Å². The van der Waals surface area contributed by atoms with Crippen LogP contribution >= 0.6 is 0 Å². The average molecular weight is 390 g/mol. The third-order valence-corrected chi connectivity index (χ3v) is 4.60. The first-order valence-corrected chi connectivity index (χ1v) is 9.56. The van der Waals surface area contributed by atoms with Crippen LogP contribution in [0.15, 0.2) is 60.9 Å². The van der Waals surface area contributed by atoms with Gasteiger partial charge in [0.25, 0.3) is 5.91 Å². The first-order valence-electron chi connectivity index (χ1n) is 9.56. The second-order valence-electron chi connectivity index (χ2n) is 7.13. The molecule has 0 radical (unpaired) electrons. The summed E-state index contributed by atoms with van der Waals surface area (Å²) in [6.07, 6.45) is 1.43. The van der Waals surface area contributed by atoms with Crippen molar-refractivity contribution < 1.29 is 9.53 Å². The van der Waals surface area contributed by atoms with Crippen molar-refractivity contribution in [2.45, 2.75) is 33.4 Å². The number of amides is 1. The summed E-state index contributed by atoms with van der Waals surface area (Å²) in [5.41, 5.74) is 3.12. The number of carbonyl (C=O) groups excluding carboxylic acids is 1. The molecule has 0 bridgehead atoms. The molecule has 1 N–H and O–H groups in total. The van der Waals surface area contributed by atoms with Crippen molar-refractivity contribution in [1.29, 1.82) is 0 Å². The summed E-state index contributed by atoms with van der Waals surface area (Å²) in [6.45, 7) is 6.86. The Morgan fingerprint density at radius 1 is 1.10 bits per heavy atom. The first-order chi connectivity index (χ1) is 14.0. The third-order valence-electron chi connectivity index (χ3n) is 4.60. The van der Waals surface area contributed by atoms with Crippen LogP contribution in [0.1, 0.15) is 35.5 Å². The van der Waals surface area contributed by atoms with E-state index in [4.69, 9.17) is 4.74 Å². The standard InChI is InChI=1S/C23H26N4O2/c1-16(2)27(14-18-8-6-5-7-9-18)22-13-20(24-15-25-22)23(28)26-19-12-17(3)10-11-21(19)29-4/h5-13,15-16H,14H2,1-4H3,(H,26,28). The van der Waals surface area contributed by atoms with Gasteiger partial charge in [-0.05, 0) is 44.0 Å². The van der Waals surface area contributed by atoms with Gasteiger partial charge in [0.1, 0.15) is 23.6 Å². The molecular weight excluding hydrogens is 364 g/mol. The molecule has 0 spiro atoms. The third kappa shape index (κ3) is 5.10. The van der Waals surface area contributed by atoms with Gasteiger partial charge < -0.3 is 15.0 Å². The van der Waals surface area contributed by atoms with E-state index in [2.05, 4.69) is 46.2 Å². The Bertz CT molecular complexity index is 974. The lowest BCUT2D eigenvalue weighted by molar-refractivity contribution is 0.102. The van der Waals surface area contributed by atoms with E-state index in [1.807, 2.05) is 43.3 Å². The van der Waals surface area contributed by atoms with Crippen molar-refractivity contribution in [1.82, 2.24) is 9.97 Å². The van der Waals surface area contributed by atoms with E-state index in [9.17, 15) is 4.79 Å². The van der Waals surface area contributed by atoms with Crippen LogP contribution in [-0.2, 0) is 6.54 Å². The maximum atomic E-state index is 12.8. The van der Waals surface area contributed by atoms with Crippen molar-refractivity contribution in [2.24, 2.45) is 0 Å². The van der Waals surface area contributed by atoms with Crippen LogP contribution in [0.3, 0.4) is 0 Å². The minimum atomic E-state index is -0.305. The molecule has 0 atom stereocenters. The van der Waals surface area contributed by atoms with Crippen LogP contribution in [0.2, 0.25) is 0 Å². The second-order valence-corrected chi connectivity index (χ2v) is 7.13. The minimum absolute atomic E-state index is 0.206. The number of hydrogen-bond donors (Lipinski definition) is 1. The van der Waals surface area contributed by atoms with E-state index < -0.39 is 0 Å². The monoisotopic (exact) mass is 390 g/mol. The van der Waals surface area contributed by atoms with Gasteiger partial charge in [0, 0.05) is 18.7 Å². The van der Waals surface area contributed by atoms with Crippen LogP contribution in [0, 0.1) is 6.92 Å². The zero-order chi connectivity index (χ0) is 20.8. The van der Waals surface area contributed by atoms with Gasteiger partial charge in [-0.2, -0.15) is 0 Å². The highest BCUT2D eigenvalue weighted by Crippen LogP contribution is 2.26. The van der Waals surface area contributed by atoms with E-state index in [-0.39, 0.29) is 11.9 Å². The van der Waals surface area contributed by atoms with Crippen LogP contribution in [-0.4, -0.2) is 29.0 Å². The molecular formula is C23H26N4O2. The molecule has 0 aliphatic heterocycles. The number of ether oxygens (including phenoxy) is 1. The number of nitrogens with zero attached hydrogens (tertiary/aromatic N) is 3. The number of carbonyl (C=O) groups is 1. The Morgan fingerprint density at radius 2 is 1.86 bits per heavy atom. The van der Waals surface area contributed by atoms with Gasteiger partial charge in [-0.1, -0.05) is 36.4 Å². The van der Waals surface area contributed by atoms with Gasteiger partial charge in [0.05, 0.1) is 12.8 Å². The Balaban J connectivity index is 1.84. The van der Waals surface area contributed by atoms with E-state index in [1.54, 1.807) is 13.2 Å². The highest BCUT2D eigenvalue weighted by molar-refractivity contribution is 6.04. The molecule has 1 heterocycles. The molecule has 0 aliphatic rings. The fraction of sp³-hybridized carbons (Fsp3) is 0.261. The quantitative estimate of drug-likeness (QED) is 0.645. The molecule has 3 aromatic rings. The summed E-state index contributed by atoms with van der Waals surface area (Å²) in [7, 11) is 1.58. The molecule has 0 saturated carbocycles. The number of aryl methyl sites for hydroxylation is 1. The van der Waals surface area contributed by atoms with E-state index in [0.717, 1.165) is 5.56 Å². The molecule has 1 amide bonds. The number of benzene rings is 2. The molecule has 0 unspecified atom stereocenters. The van der Waals surface area contributed by atoms with E-state index in [0.29, 0.717) is 29.5 Å². The van der Waals surface area contributed by atoms with Gasteiger partial charge in [-0.25, -0.2) is 9.97 Å². The van der Waals surface area contributed by atoms with Crippen LogP contribution in [0.4, 0.5) is 11.5 Å². The van der Waals surface area contributed by atoms with Crippen LogP contribution in [0.25, 0.3) is 0 Å². The molecule has 0 fully saturated rings. The predicted molar refractivity (Wildman–Crippen MR) is 115 cm³/mol. The molecule has 150 valence electrons. The van der Waals surface area contributed by atoms with Crippen LogP contribution in [0.5, 0.6) is 5.75 Å². The van der Waals surface area contributed by atoms with Gasteiger partial charge in [-0.15, -0.1) is 0 Å². The smallest absolute Gasteiger partial charge is 0.274 e. The molecule has 2 aromatic carbocycles. The normalized spacial score (nSPS) is 10.7. The molecule has 6 heteroatoms. The Labute approximate surface area is 171 Å². The van der Waals surface area contributed by atoms with Crippen LogP contribution < -0.4 is 15.0 Å². The van der Waals surface area contributed by atoms with Crippen molar-refractivity contribution in [3.63, 3.8) is 0 Å². The number of methoxy groups -OCH3 is 1. The Morgan fingerprint density at radius 3 is 2.55 bits per heavy atom. The summed E-state index contributed by atoms with van der Waals surface area (Å²) in [5.74, 6) is 1.01. The SMILES string of the molecule is COc1ccc(C)cc1NC(=O)c1cc(N(Cc2ccccc2)C(C)C)ncn1. The molecule has 3 rings (SSSR count). The summed E-state index contributed by atoms with van der Waals surface area (Å²) in [5, 5.41) is 2.89. The minimum Gasteiger partial charge on any atom is -0.495 e. The summed E-state index contributed by atoms with van der Waals surface area (Å²) in [4.78, 5) is 23.5. The molecule has 0 saturated heterocycles. The van der Waals surface area contributed by atoms with Crippen molar-refractivity contribution in [2.75, 3.05) is 17.3 Å². The molecule has 29 heavy (non-hydrogen) atoms. The molecule has 6 nitrogen and oxygen atoms in total. The topological polar surface area (TPSA) is 67.3 Å². The van der Waals surface area contributed by atoms with Crippen molar-refractivity contribution in [3.05, 3.63) is 77.7 Å². The van der Waals surface area contributed by atoms with Crippen molar-refractivity contribution in [3.8, 4) is 5.75 Å². The summed E-state index contributed by atoms with van der Waals surface area (Å²) < 4.78 is 5.34. The highest BCUT2D eigenvalue weighted by Gasteiger charge is 2.17. The van der Waals surface area contributed by atoms with Gasteiger partial charge >= 0.3 is 0 Å². The Hall–Kier alpha value is -3.41. The number of anilines is 2. The fourth-order valence-electron chi connectivity index (χ4n) is 3.04. The fourth-order valence-corrected chi connectivity index (χ4v) is 3.04. The second kappa shape index (κ2) is 9.19. The maximum Gasteiger partial charge on any atom is 0.274 e. The lowest BCUT2D eigenvalue weighted by atomic mass is 10.2. The summed E-state index contributed by atoms with van der Waals surface area (Å²) in [6, 6.07) is 17.7. The number of nitrogens with one attached hydrogen (secondary N) is 1.